The van der Waals surface area contributed by atoms with Crippen molar-refractivity contribution >= 4 is 11.7 Å². The summed E-state index contributed by atoms with van der Waals surface area (Å²) in [5.41, 5.74) is 3.55. The number of rotatable bonds is 2. The van der Waals surface area contributed by atoms with Gasteiger partial charge in [0, 0.05) is 17.9 Å². The lowest BCUT2D eigenvalue weighted by atomic mass is 9.86. The lowest BCUT2D eigenvalue weighted by Gasteiger charge is -2.22. The zero-order valence-electron chi connectivity index (χ0n) is 11.1. The molecule has 1 aromatic carbocycles. The highest BCUT2D eigenvalue weighted by Gasteiger charge is 2.27. The molecule has 3 rings (SSSR count). The molecule has 4 heteroatoms. The SMILES string of the molecule is CC(C)c1ccc(C2CC(=O)Nc3[nH]ncc32)cc1. The Morgan fingerprint density at radius 3 is 2.68 bits per heavy atom. The second kappa shape index (κ2) is 4.53. The van der Waals surface area contributed by atoms with Crippen molar-refractivity contribution in [3.63, 3.8) is 0 Å². The van der Waals surface area contributed by atoms with E-state index in [-0.39, 0.29) is 11.8 Å². The first-order valence-corrected chi connectivity index (χ1v) is 6.58. The first kappa shape index (κ1) is 12.0. The van der Waals surface area contributed by atoms with Crippen LogP contribution in [0.25, 0.3) is 0 Å². The van der Waals surface area contributed by atoms with E-state index in [2.05, 4.69) is 53.6 Å². The van der Waals surface area contributed by atoms with Gasteiger partial charge in [0.05, 0.1) is 6.20 Å². The van der Waals surface area contributed by atoms with Gasteiger partial charge in [-0.1, -0.05) is 38.1 Å². The molecule has 1 aromatic heterocycles. The quantitative estimate of drug-likeness (QED) is 0.866. The standard InChI is InChI=1S/C15H17N3O/c1-9(2)10-3-5-11(6-4-10)12-7-14(19)17-15-13(12)8-16-18-15/h3-6,8-9,12H,7H2,1-2H3,(H2,16,17,18,19). The van der Waals surface area contributed by atoms with Crippen LogP contribution in [0.15, 0.2) is 30.5 Å². The van der Waals surface area contributed by atoms with Gasteiger partial charge in [-0.25, -0.2) is 0 Å². The maximum atomic E-state index is 11.7. The molecule has 1 atom stereocenters. The predicted octanol–water partition coefficient (Wildman–Crippen LogP) is 3.01. The second-order valence-corrected chi connectivity index (χ2v) is 5.33. The van der Waals surface area contributed by atoms with Crippen LogP contribution >= 0.6 is 0 Å². The molecule has 1 unspecified atom stereocenters. The van der Waals surface area contributed by atoms with E-state index in [0.717, 1.165) is 11.4 Å². The molecule has 4 nitrogen and oxygen atoms in total. The third-order valence-electron chi connectivity index (χ3n) is 3.70. The van der Waals surface area contributed by atoms with Gasteiger partial charge in [-0.2, -0.15) is 5.10 Å². The van der Waals surface area contributed by atoms with Crippen molar-refractivity contribution in [1.29, 1.82) is 0 Å². The Labute approximate surface area is 112 Å². The van der Waals surface area contributed by atoms with Gasteiger partial charge < -0.3 is 5.32 Å². The number of anilines is 1. The molecule has 0 radical (unpaired) electrons. The maximum Gasteiger partial charge on any atom is 0.226 e. The van der Waals surface area contributed by atoms with Crippen LogP contribution in [-0.4, -0.2) is 16.1 Å². The first-order valence-electron chi connectivity index (χ1n) is 6.58. The molecule has 98 valence electrons. The summed E-state index contributed by atoms with van der Waals surface area (Å²) >= 11 is 0. The molecule has 0 saturated heterocycles. The number of nitrogens with one attached hydrogen (secondary N) is 2. The molecule has 0 fully saturated rings. The number of nitrogens with zero attached hydrogens (tertiary/aromatic N) is 1. The molecular formula is C15H17N3O. The summed E-state index contributed by atoms with van der Waals surface area (Å²) in [7, 11) is 0. The van der Waals surface area contributed by atoms with Crippen LogP contribution in [-0.2, 0) is 4.79 Å². The number of amides is 1. The van der Waals surface area contributed by atoms with Crippen LogP contribution in [0.1, 0.15) is 48.8 Å². The van der Waals surface area contributed by atoms with Crippen molar-refractivity contribution < 1.29 is 4.79 Å². The zero-order chi connectivity index (χ0) is 13.4. The topological polar surface area (TPSA) is 57.8 Å². The van der Waals surface area contributed by atoms with Crippen molar-refractivity contribution in [2.24, 2.45) is 0 Å². The fraction of sp³-hybridized carbons (Fsp3) is 0.333. The zero-order valence-corrected chi connectivity index (χ0v) is 11.1. The predicted molar refractivity (Wildman–Crippen MR) is 74.2 cm³/mol. The van der Waals surface area contributed by atoms with E-state index in [1.807, 2.05) is 0 Å². The van der Waals surface area contributed by atoms with Gasteiger partial charge in [0.1, 0.15) is 5.82 Å². The van der Waals surface area contributed by atoms with Gasteiger partial charge in [-0.05, 0) is 17.0 Å². The minimum atomic E-state index is 0.0367. The lowest BCUT2D eigenvalue weighted by Crippen LogP contribution is -2.22. The third-order valence-corrected chi connectivity index (χ3v) is 3.70. The number of hydrogen-bond donors (Lipinski definition) is 2. The second-order valence-electron chi connectivity index (χ2n) is 5.33. The average Bonchev–Trinajstić information content (AvgIpc) is 2.85. The minimum Gasteiger partial charge on any atom is -0.311 e. The van der Waals surface area contributed by atoms with Gasteiger partial charge in [0.2, 0.25) is 5.91 Å². The molecule has 2 N–H and O–H groups in total. The number of aromatic nitrogens is 2. The van der Waals surface area contributed by atoms with Crippen LogP contribution < -0.4 is 5.32 Å². The molecular weight excluding hydrogens is 238 g/mol. The molecule has 19 heavy (non-hydrogen) atoms. The van der Waals surface area contributed by atoms with Crippen molar-refractivity contribution in [2.75, 3.05) is 5.32 Å². The Morgan fingerprint density at radius 1 is 1.26 bits per heavy atom. The van der Waals surface area contributed by atoms with E-state index in [9.17, 15) is 4.79 Å². The minimum absolute atomic E-state index is 0.0367. The highest BCUT2D eigenvalue weighted by atomic mass is 16.1. The van der Waals surface area contributed by atoms with E-state index >= 15 is 0 Å². The molecule has 2 heterocycles. The van der Waals surface area contributed by atoms with Gasteiger partial charge in [-0.15, -0.1) is 0 Å². The highest BCUT2D eigenvalue weighted by Crippen LogP contribution is 2.35. The monoisotopic (exact) mass is 255 g/mol. The normalized spacial score (nSPS) is 18.3. The number of aromatic amines is 1. The summed E-state index contributed by atoms with van der Waals surface area (Å²) in [5.74, 6) is 1.39. The van der Waals surface area contributed by atoms with Gasteiger partial charge in [0.15, 0.2) is 0 Å². The summed E-state index contributed by atoms with van der Waals surface area (Å²) in [6.07, 6.45) is 2.28. The van der Waals surface area contributed by atoms with Crippen LogP contribution in [0, 0.1) is 0 Å². The smallest absolute Gasteiger partial charge is 0.226 e. The number of benzene rings is 1. The van der Waals surface area contributed by atoms with E-state index in [0.29, 0.717) is 12.3 Å². The largest absolute Gasteiger partial charge is 0.311 e. The number of hydrogen-bond acceptors (Lipinski definition) is 2. The Kier molecular flexibility index (Phi) is 2.85. The summed E-state index contributed by atoms with van der Waals surface area (Å²) < 4.78 is 0. The average molecular weight is 255 g/mol. The fourth-order valence-electron chi connectivity index (χ4n) is 2.56. The van der Waals surface area contributed by atoms with Crippen LogP contribution in [0.2, 0.25) is 0 Å². The van der Waals surface area contributed by atoms with Crippen molar-refractivity contribution in [1.82, 2.24) is 10.2 Å². The van der Waals surface area contributed by atoms with E-state index in [1.54, 1.807) is 6.20 Å². The molecule has 1 aliphatic heterocycles. The van der Waals surface area contributed by atoms with Crippen LogP contribution in [0.5, 0.6) is 0 Å². The Hall–Kier alpha value is -2.10. The Morgan fingerprint density at radius 2 is 2.00 bits per heavy atom. The number of H-pyrrole nitrogens is 1. The molecule has 1 amide bonds. The summed E-state index contributed by atoms with van der Waals surface area (Å²) in [6.45, 7) is 4.36. The number of carbonyl (C=O) groups is 1. The van der Waals surface area contributed by atoms with Crippen molar-refractivity contribution in [3.8, 4) is 0 Å². The van der Waals surface area contributed by atoms with E-state index < -0.39 is 0 Å². The summed E-state index contributed by atoms with van der Waals surface area (Å²) in [5, 5.41) is 9.67. The Balaban J connectivity index is 1.96. The number of carbonyl (C=O) groups excluding carboxylic acids is 1. The van der Waals surface area contributed by atoms with Gasteiger partial charge in [0.25, 0.3) is 0 Å². The highest BCUT2D eigenvalue weighted by molar-refractivity contribution is 5.94. The molecule has 0 saturated carbocycles. The summed E-state index contributed by atoms with van der Waals surface area (Å²) in [6, 6.07) is 8.53. The molecule has 0 bridgehead atoms. The van der Waals surface area contributed by atoms with E-state index in [1.165, 1.54) is 11.1 Å². The molecule has 2 aromatic rings. The fourth-order valence-corrected chi connectivity index (χ4v) is 2.56. The molecule has 0 aliphatic carbocycles. The number of fused-ring (bicyclic) bond motifs is 1. The van der Waals surface area contributed by atoms with Crippen LogP contribution in [0.4, 0.5) is 5.82 Å². The third kappa shape index (κ3) is 2.14. The lowest BCUT2D eigenvalue weighted by molar-refractivity contribution is -0.116. The van der Waals surface area contributed by atoms with E-state index in [4.69, 9.17) is 0 Å². The molecule has 0 spiro atoms. The Bertz CT molecular complexity index is 598. The van der Waals surface area contributed by atoms with Gasteiger partial charge in [-0.3, -0.25) is 9.89 Å². The molecule has 1 aliphatic rings. The summed E-state index contributed by atoms with van der Waals surface area (Å²) in [4.78, 5) is 11.7. The van der Waals surface area contributed by atoms with Gasteiger partial charge >= 0.3 is 0 Å². The maximum absolute atomic E-state index is 11.7. The first-order chi connectivity index (χ1) is 9.15. The van der Waals surface area contributed by atoms with Crippen LogP contribution in [0.3, 0.4) is 0 Å². The van der Waals surface area contributed by atoms with Crippen molar-refractivity contribution in [2.45, 2.75) is 32.1 Å². The van der Waals surface area contributed by atoms with Crippen molar-refractivity contribution in [3.05, 3.63) is 47.2 Å².